The molecule has 2 aromatic carbocycles. The number of fused-ring (bicyclic) bond motifs is 2. The number of nitrogens with zero attached hydrogens (tertiary/aromatic N) is 5. The van der Waals surface area contributed by atoms with Gasteiger partial charge in [0, 0.05) is 23.6 Å². The van der Waals surface area contributed by atoms with Crippen molar-refractivity contribution < 1.29 is 14.7 Å². The number of nitrogen functional groups attached to an aromatic ring is 1. The quantitative estimate of drug-likeness (QED) is 0.199. The maximum absolute atomic E-state index is 10.8. The number of carbonyl (C=O) groups excluding carboxylic acids is 2. The Morgan fingerprint density at radius 1 is 0.872 bits per heavy atom. The van der Waals surface area contributed by atoms with Crippen LogP contribution in [0.5, 0.6) is 5.75 Å². The maximum Gasteiger partial charge on any atom is 0.172 e. The van der Waals surface area contributed by atoms with E-state index in [0.717, 1.165) is 71.5 Å². The topological polar surface area (TPSA) is 163 Å². The van der Waals surface area contributed by atoms with E-state index >= 15 is 0 Å². The van der Waals surface area contributed by atoms with E-state index in [1.807, 2.05) is 42.5 Å². The third-order valence-electron chi connectivity index (χ3n) is 8.59. The van der Waals surface area contributed by atoms with E-state index in [9.17, 15) is 14.7 Å². The lowest BCUT2D eigenvalue weighted by molar-refractivity contribution is -0.109. The van der Waals surface area contributed by atoms with Gasteiger partial charge in [-0.2, -0.15) is 0 Å². The third kappa shape index (κ3) is 6.10. The van der Waals surface area contributed by atoms with Crippen molar-refractivity contribution in [2.24, 2.45) is 5.73 Å². The number of hydrogen-bond acceptors (Lipinski definition) is 9. The van der Waals surface area contributed by atoms with Crippen LogP contribution in [0.3, 0.4) is 0 Å². The maximum atomic E-state index is 10.8. The van der Waals surface area contributed by atoms with Crippen molar-refractivity contribution in [2.45, 2.75) is 37.5 Å². The first-order chi connectivity index (χ1) is 23.0. The molecular formula is C37H35N7O3. The van der Waals surface area contributed by atoms with E-state index in [0.29, 0.717) is 17.7 Å². The lowest BCUT2D eigenvalue weighted by atomic mass is 9.99. The highest BCUT2D eigenvalue weighted by Crippen LogP contribution is 2.46. The summed E-state index contributed by atoms with van der Waals surface area (Å²) in [6.45, 7) is 0. The summed E-state index contributed by atoms with van der Waals surface area (Å²) < 4.78 is 2.12. The number of carbonyl (C=O) groups is 2. The van der Waals surface area contributed by atoms with Crippen LogP contribution in [0.15, 0.2) is 91.3 Å². The fourth-order valence-electron chi connectivity index (χ4n) is 5.89. The fourth-order valence-corrected chi connectivity index (χ4v) is 5.89. The minimum absolute atomic E-state index is 0.00967. The number of imidazole rings is 1. The molecule has 0 bridgehead atoms. The SMILES string of the molecule is CN.Nc1ncccc1-c1nc2ccc(-c3ccccc3)nc2n1-c1ccc2c(c1)CCC2.O=Cc1ncc(C2(C=O)CC2)cc1O. The summed E-state index contributed by atoms with van der Waals surface area (Å²) in [4.78, 5) is 39.2. The number of nitrogens with two attached hydrogens (primary N) is 2. The molecular weight excluding hydrogens is 590 g/mol. The highest BCUT2D eigenvalue weighted by molar-refractivity contribution is 5.84. The Balaban J connectivity index is 0.000000203. The fraction of sp³-hybridized carbons (Fsp3) is 0.189. The first-order valence-electron chi connectivity index (χ1n) is 15.5. The second-order valence-electron chi connectivity index (χ2n) is 11.4. The predicted octanol–water partition coefficient (Wildman–Crippen LogP) is 5.63. The molecule has 2 aliphatic rings. The van der Waals surface area contributed by atoms with Crippen LogP contribution in [0.2, 0.25) is 0 Å². The highest BCUT2D eigenvalue weighted by Gasteiger charge is 2.44. The highest BCUT2D eigenvalue weighted by atomic mass is 16.3. The van der Waals surface area contributed by atoms with Crippen LogP contribution >= 0.6 is 0 Å². The average Bonchev–Trinajstić information content (AvgIpc) is 3.63. The van der Waals surface area contributed by atoms with Gasteiger partial charge in [-0.1, -0.05) is 36.4 Å². The summed E-state index contributed by atoms with van der Waals surface area (Å²) in [5.41, 5.74) is 19.3. The van der Waals surface area contributed by atoms with Gasteiger partial charge in [0.25, 0.3) is 0 Å². The lowest BCUT2D eigenvalue weighted by Crippen LogP contribution is -2.08. The van der Waals surface area contributed by atoms with Gasteiger partial charge in [-0.05, 0) is 98.3 Å². The van der Waals surface area contributed by atoms with Crippen molar-refractivity contribution in [2.75, 3.05) is 12.8 Å². The van der Waals surface area contributed by atoms with Crippen LogP contribution in [0.4, 0.5) is 5.82 Å². The molecule has 2 aliphatic carbocycles. The largest absolute Gasteiger partial charge is 0.506 e. The number of aldehydes is 2. The average molecular weight is 626 g/mol. The Labute approximate surface area is 272 Å². The van der Waals surface area contributed by atoms with Gasteiger partial charge >= 0.3 is 0 Å². The van der Waals surface area contributed by atoms with Crippen LogP contribution in [0.1, 0.15) is 46.4 Å². The van der Waals surface area contributed by atoms with E-state index in [2.05, 4.69) is 50.6 Å². The molecule has 0 aliphatic heterocycles. The molecule has 0 radical (unpaired) electrons. The molecule has 4 aromatic heterocycles. The number of hydrogen-bond donors (Lipinski definition) is 3. The Bertz CT molecular complexity index is 2070. The van der Waals surface area contributed by atoms with Crippen LogP contribution < -0.4 is 11.5 Å². The van der Waals surface area contributed by atoms with Gasteiger partial charge in [-0.3, -0.25) is 9.36 Å². The van der Waals surface area contributed by atoms with Crippen LogP contribution in [-0.2, 0) is 23.1 Å². The van der Waals surface area contributed by atoms with Gasteiger partial charge in [0.05, 0.1) is 16.7 Å². The summed E-state index contributed by atoms with van der Waals surface area (Å²) in [5, 5.41) is 9.37. The van der Waals surface area contributed by atoms with E-state index in [4.69, 9.17) is 15.7 Å². The van der Waals surface area contributed by atoms with E-state index in [1.54, 1.807) is 6.20 Å². The number of benzene rings is 2. The second-order valence-corrected chi connectivity index (χ2v) is 11.4. The van der Waals surface area contributed by atoms with Crippen molar-refractivity contribution in [1.82, 2.24) is 24.5 Å². The molecule has 0 atom stereocenters. The number of aromatic hydroxyl groups is 1. The predicted molar refractivity (Wildman–Crippen MR) is 182 cm³/mol. The van der Waals surface area contributed by atoms with Gasteiger partial charge in [-0.15, -0.1) is 0 Å². The molecule has 0 amide bonds. The lowest BCUT2D eigenvalue weighted by Gasteiger charge is -2.12. The number of pyridine rings is 3. The van der Waals surface area contributed by atoms with Gasteiger partial charge in [-0.25, -0.2) is 19.9 Å². The normalized spacial score (nSPS) is 13.8. The van der Waals surface area contributed by atoms with Gasteiger partial charge in [0.1, 0.15) is 29.1 Å². The summed E-state index contributed by atoms with van der Waals surface area (Å²) in [5.74, 6) is 1.06. The van der Waals surface area contributed by atoms with E-state index < -0.39 is 5.41 Å². The molecule has 1 saturated carbocycles. The Hall–Kier alpha value is -5.74. The monoisotopic (exact) mass is 625 g/mol. The van der Waals surface area contributed by atoms with Gasteiger partial charge < -0.3 is 21.4 Å². The summed E-state index contributed by atoms with van der Waals surface area (Å²) in [6, 6.07) is 26.2. The molecule has 5 N–H and O–H groups in total. The van der Waals surface area contributed by atoms with E-state index in [-0.39, 0.29) is 11.4 Å². The number of aryl methyl sites for hydroxylation is 2. The molecule has 10 heteroatoms. The summed E-state index contributed by atoms with van der Waals surface area (Å²) in [6.07, 6.45) is 9.60. The molecule has 0 saturated heterocycles. The van der Waals surface area contributed by atoms with Crippen molar-refractivity contribution in [1.29, 1.82) is 0 Å². The molecule has 1 fully saturated rings. The first kappa shape index (κ1) is 31.3. The molecule has 6 aromatic rings. The zero-order chi connectivity index (χ0) is 33.0. The van der Waals surface area contributed by atoms with Crippen LogP contribution in [0, 0.1) is 0 Å². The second kappa shape index (κ2) is 13.3. The van der Waals surface area contributed by atoms with Crippen LogP contribution in [-0.4, -0.2) is 49.2 Å². The van der Waals surface area contributed by atoms with Gasteiger partial charge in [0.15, 0.2) is 17.8 Å². The smallest absolute Gasteiger partial charge is 0.172 e. The minimum Gasteiger partial charge on any atom is -0.506 e. The molecule has 4 heterocycles. The molecule has 10 nitrogen and oxygen atoms in total. The molecule has 47 heavy (non-hydrogen) atoms. The summed E-state index contributed by atoms with van der Waals surface area (Å²) in [7, 11) is 1.50. The Kier molecular flexibility index (Phi) is 8.86. The Morgan fingerprint density at radius 2 is 1.66 bits per heavy atom. The third-order valence-corrected chi connectivity index (χ3v) is 8.59. The zero-order valence-electron chi connectivity index (χ0n) is 26.0. The van der Waals surface area contributed by atoms with Crippen molar-refractivity contribution in [3.05, 3.63) is 114 Å². The van der Waals surface area contributed by atoms with Crippen molar-refractivity contribution >= 4 is 29.6 Å². The van der Waals surface area contributed by atoms with Crippen molar-refractivity contribution in [3.63, 3.8) is 0 Å². The number of aromatic nitrogens is 5. The van der Waals surface area contributed by atoms with Crippen molar-refractivity contribution in [3.8, 4) is 34.1 Å². The molecule has 8 rings (SSSR count). The molecule has 236 valence electrons. The standard InChI is InChI=1S/C26H21N5.C10H9NO3.CH5N/c27-24-21(10-5-15-28-24)25-30-23-14-13-22(18-6-2-1-3-7-18)29-26(23)31(25)20-12-11-17-8-4-9-19(17)16-20;12-5-8-9(14)3-7(4-11-8)10(6-13)1-2-10;1-2/h1-3,5-7,10-16H,4,8-9H2,(H2,27,28);3-6,14H,1-2H2;2H2,1H3. The van der Waals surface area contributed by atoms with Gasteiger partial charge in [0.2, 0.25) is 0 Å². The zero-order valence-corrected chi connectivity index (χ0v) is 26.0. The Morgan fingerprint density at radius 3 is 2.36 bits per heavy atom. The van der Waals surface area contributed by atoms with E-state index in [1.165, 1.54) is 36.9 Å². The minimum atomic E-state index is -0.452. The summed E-state index contributed by atoms with van der Waals surface area (Å²) >= 11 is 0. The number of anilines is 1. The number of rotatable bonds is 6. The first-order valence-corrected chi connectivity index (χ1v) is 15.5. The molecule has 0 spiro atoms. The van der Waals surface area contributed by atoms with Crippen LogP contribution in [0.25, 0.3) is 39.5 Å². The molecule has 0 unspecified atom stereocenters.